The zero-order chi connectivity index (χ0) is 19.9. The average Bonchev–Trinajstić information content (AvgIpc) is 2.64. The van der Waals surface area contributed by atoms with Crippen LogP contribution in [0.3, 0.4) is 0 Å². The van der Waals surface area contributed by atoms with E-state index in [4.69, 9.17) is 4.43 Å². The molecule has 4 heteroatoms. The minimum atomic E-state index is -1.81. The number of hydrogen-bond donors (Lipinski definition) is 0. The second-order valence-corrected chi connectivity index (χ2v) is 12.9. The van der Waals surface area contributed by atoms with E-state index in [9.17, 15) is 4.79 Å². The van der Waals surface area contributed by atoms with Crippen molar-refractivity contribution in [2.75, 3.05) is 11.5 Å². The SMILES string of the molecule is CC(C)(C)[Si](C)(C)OCC#Cc1ccccc1N(C=O)Cc1ccccc1. The highest BCUT2D eigenvalue weighted by Gasteiger charge is 2.36. The summed E-state index contributed by atoms with van der Waals surface area (Å²) in [6, 6.07) is 17.7. The first kappa shape index (κ1) is 21.0. The molecule has 3 nitrogen and oxygen atoms in total. The fourth-order valence-electron chi connectivity index (χ4n) is 2.35. The van der Waals surface area contributed by atoms with Gasteiger partial charge < -0.3 is 9.33 Å². The summed E-state index contributed by atoms with van der Waals surface area (Å²) in [6.45, 7) is 12.0. The Morgan fingerprint density at radius 2 is 1.67 bits per heavy atom. The number of carbonyl (C=O) groups excluding carboxylic acids is 1. The first-order valence-corrected chi connectivity index (χ1v) is 12.1. The van der Waals surface area contributed by atoms with Crippen LogP contribution in [0.25, 0.3) is 0 Å². The summed E-state index contributed by atoms with van der Waals surface area (Å²) in [4.78, 5) is 13.4. The molecule has 0 radical (unpaired) electrons. The molecule has 0 aliphatic heterocycles. The Hall–Kier alpha value is -2.35. The van der Waals surface area contributed by atoms with Crippen molar-refractivity contribution >= 4 is 20.4 Å². The van der Waals surface area contributed by atoms with Gasteiger partial charge in [-0.3, -0.25) is 4.79 Å². The fourth-order valence-corrected chi connectivity index (χ4v) is 3.22. The molecule has 27 heavy (non-hydrogen) atoms. The zero-order valence-electron chi connectivity index (χ0n) is 17.0. The van der Waals surface area contributed by atoms with Gasteiger partial charge in [-0.1, -0.05) is 75.1 Å². The standard InChI is InChI=1S/C23H29NO2Si/c1-23(2,3)27(4,5)26-17-11-15-21-14-9-10-16-22(21)24(19-25)18-20-12-7-6-8-13-20/h6-10,12-14,16,19H,17-18H2,1-5H3. The molecule has 0 fully saturated rings. The molecule has 0 heterocycles. The lowest BCUT2D eigenvalue weighted by Crippen LogP contribution is -2.40. The second kappa shape index (κ2) is 9.03. The molecule has 0 aliphatic rings. The molecule has 2 aromatic carbocycles. The van der Waals surface area contributed by atoms with E-state index in [1.54, 1.807) is 4.90 Å². The summed E-state index contributed by atoms with van der Waals surface area (Å²) in [7, 11) is -1.81. The van der Waals surface area contributed by atoms with E-state index in [0.29, 0.717) is 13.2 Å². The van der Waals surface area contributed by atoms with Crippen molar-refractivity contribution in [2.24, 2.45) is 0 Å². The molecule has 0 bridgehead atoms. The van der Waals surface area contributed by atoms with Crippen LogP contribution >= 0.6 is 0 Å². The van der Waals surface area contributed by atoms with Gasteiger partial charge in [-0.25, -0.2) is 0 Å². The maximum absolute atomic E-state index is 11.7. The van der Waals surface area contributed by atoms with Gasteiger partial charge in [0.15, 0.2) is 8.32 Å². The van der Waals surface area contributed by atoms with Crippen LogP contribution in [0.5, 0.6) is 0 Å². The molecular formula is C23H29NO2Si. The third kappa shape index (κ3) is 5.82. The Labute approximate surface area is 164 Å². The number of anilines is 1. The van der Waals surface area contributed by atoms with E-state index in [1.807, 2.05) is 54.6 Å². The molecule has 0 N–H and O–H groups in total. The molecule has 0 saturated carbocycles. The fraction of sp³-hybridized carbons (Fsp3) is 0.348. The van der Waals surface area contributed by atoms with Crippen LogP contribution < -0.4 is 4.90 Å². The molecule has 1 amide bonds. The van der Waals surface area contributed by atoms with Gasteiger partial charge in [0.25, 0.3) is 0 Å². The van der Waals surface area contributed by atoms with E-state index in [0.717, 1.165) is 23.2 Å². The van der Waals surface area contributed by atoms with Gasteiger partial charge >= 0.3 is 0 Å². The quantitative estimate of drug-likeness (QED) is 0.391. The first-order chi connectivity index (χ1) is 12.7. The molecular weight excluding hydrogens is 350 g/mol. The van der Waals surface area contributed by atoms with Gasteiger partial charge in [-0.05, 0) is 35.8 Å². The summed E-state index contributed by atoms with van der Waals surface area (Å²) in [5.74, 6) is 6.32. The Kier molecular flexibility index (Phi) is 7.01. The molecule has 0 spiro atoms. The normalized spacial score (nSPS) is 11.4. The lowest BCUT2D eigenvalue weighted by molar-refractivity contribution is -0.107. The molecule has 2 rings (SSSR count). The Morgan fingerprint density at radius 1 is 1.04 bits per heavy atom. The third-order valence-corrected chi connectivity index (χ3v) is 9.55. The van der Waals surface area contributed by atoms with Crippen LogP contribution in [0.2, 0.25) is 18.1 Å². The lowest BCUT2D eigenvalue weighted by atomic mass is 10.1. The largest absolute Gasteiger partial charge is 0.406 e. The Bertz CT molecular complexity index is 814. The van der Waals surface area contributed by atoms with Crippen LogP contribution in [0, 0.1) is 11.8 Å². The van der Waals surface area contributed by atoms with E-state index < -0.39 is 8.32 Å². The molecule has 0 saturated heterocycles. The molecule has 0 unspecified atom stereocenters. The minimum absolute atomic E-state index is 0.163. The highest BCUT2D eigenvalue weighted by molar-refractivity contribution is 6.74. The van der Waals surface area contributed by atoms with Crippen molar-refractivity contribution < 1.29 is 9.22 Å². The van der Waals surface area contributed by atoms with Gasteiger partial charge in [0.05, 0.1) is 18.8 Å². The second-order valence-electron chi connectivity index (χ2n) is 8.09. The van der Waals surface area contributed by atoms with Crippen LogP contribution in [-0.2, 0) is 15.8 Å². The lowest BCUT2D eigenvalue weighted by Gasteiger charge is -2.35. The van der Waals surface area contributed by atoms with Crippen molar-refractivity contribution in [3.05, 3.63) is 65.7 Å². The Morgan fingerprint density at radius 3 is 2.30 bits per heavy atom. The van der Waals surface area contributed by atoms with E-state index in [2.05, 4.69) is 45.7 Å². The van der Waals surface area contributed by atoms with E-state index in [1.165, 1.54) is 0 Å². The van der Waals surface area contributed by atoms with Gasteiger partial charge in [0, 0.05) is 5.56 Å². The molecule has 0 atom stereocenters. The Balaban J connectivity index is 2.15. The highest BCUT2D eigenvalue weighted by Crippen LogP contribution is 2.36. The van der Waals surface area contributed by atoms with Crippen molar-refractivity contribution in [3.63, 3.8) is 0 Å². The predicted molar refractivity (Wildman–Crippen MR) is 115 cm³/mol. The summed E-state index contributed by atoms with van der Waals surface area (Å²) >= 11 is 0. The predicted octanol–water partition coefficient (Wildman–Crippen LogP) is 5.22. The number of para-hydroxylation sites is 1. The van der Waals surface area contributed by atoms with Crippen LogP contribution in [0.4, 0.5) is 5.69 Å². The van der Waals surface area contributed by atoms with Gasteiger partial charge in [-0.15, -0.1) is 0 Å². The minimum Gasteiger partial charge on any atom is -0.406 e. The van der Waals surface area contributed by atoms with Crippen molar-refractivity contribution in [1.82, 2.24) is 0 Å². The van der Waals surface area contributed by atoms with E-state index >= 15 is 0 Å². The van der Waals surface area contributed by atoms with Crippen molar-refractivity contribution in [3.8, 4) is 11.8 Å². The number of hydrogen-bond acceptors (Lipinski definition) is 2. The van der Waals surface area contributed by atoms with Gasteiger partial charge in [0.2, 0.25) is 6.41 Å². The van der Waals surface area contributed by atoms with Gasteiger partial charge in [-0.2, -0.15) is 0 Å². The van der Waals surface area contributed by atoms with Crippen LogP contribution in [-0.4, -0.2) is 21.3 Å². The molecule has 0 aliphatic carbocycles. The topological polar surface area (TPSA) is 29.5 Å². The van der Waals surface area contributed by atoms with Gasteiger partial charge in [0.1, 0.15) is 0 Å². The monoisotopic (exact) mass is 379 g/mol. The molecule has 2 aromatic rings. The van der Waals surface area contributed by atoms with Crippen LogP contribution in [0.15, 0.2) is 54.6 Å². The molecule has 0 aromatic heterocycles. The van der Waals surface area contributed by atoms with Crippen molar-refractivity contribution in [1.29, 1.82) is 0 Å². The average molecular weight is 380 g/mol. The molecule has 142 valence electrons. The smallest absolute Gasteiger partial charge is 0.214 e. The summed E-state index contributed by atoms with van der Waals surface area (Å²) in [5.41, 5.74) is 2.73. The zero-order valence-corrected chi connectivity index (χ0v) is 18.0. The number of rotatable bonds is 6. The summed E-state index contributed by atoms with van der Waals surface area (Å²) in [5, 5.41) is 0.163. The first-order valence-electron chi connectivity index (χ1n) is 9.22. The van der Waals surface area contributed by atoms with E-state index in [-0.39, 0.29) is 5.04 Å². The van der Waals surface area contributed by atoms with Crippen molar-refractivity contribution in [2.45, 2.75) is 45.4 Å². The maximum atomic E-state index is 11.7. The number of carbonyl (C=O) groups is 1. The van der Waals surface area contributed by atoms with Crippen LogP contribution in [0.1, 0.15) is 31.9 Å². The number of benzene rings is 2. The number of nitrogens with zero attached hydrogens (tertiary/aromatic N) is 1. The summed E-state index contributed by atoms with van der Waals surface area (Å²) in [6.07, 6.45) is 0.861. The highest BCUT2D eigenvalue weighted by atomic mass is 28.4. The maximum Gasteiger partial charge on any atom is 0.214 e. The third-order valence-electron chi connectivity index (χ3n) is 5.07. The number of amides is 1. The summed E-state index contributed by atoms with van der Waals surface area (Å²) < 4.78 is 6.12.